The van der Waals surface area contributed by atoms with E-state index < -0.39 is 0 Å². The molecule has 3 rings (SSSR count). The maximum absolute atomic E-state index is 11.9. The van der Waals surface area contributed by atoms with Gasteiger partial charge in [0.25, 0.3) is 0 Å². The molecule has 1 aromatic carbocycles. The molecule has 0 saturated heterocycles. The first kappa shape index (κ1) is 11.5. The van der Waals surface area contributed by atoms with Crippen molar-refractivity contribution in [1.29, 1.82) is 0 Å². The number of hydrogen-bond donors (Lipinski definition) is 1. The Morgan fingerprint density at radius 2 is 2.21 bits per heavy atom. The van der Waals surface area contributed by atoms with E-state index in [9.17, 15) is 9.59 Å². The van der Waals surface area contributed by atoms with E-state index >= 15 is 0 Å². The molecule has 5 heteroatoms. The van der Waals surface area contributed by atoms with Crippen LogP contribution < -0.4 is 10.1 Å². The van der Waals surface area contributed by atoms with Crippen molar-refractivity contribution in [2.75, 3.05) is 11.9 Å². The number of hydrogen-bond acceptors (Lipinski definition) is 3. The molecule has 0 saturated carbocycles. The molecule has 0 fully saturated rings. The van der Waals surface area contributed by atoms with Crippen molar-refractivity contribution in [2.45, 2.75) is 6.92 Å². The summed E-state index contributed by atoms with van der Waals surface area (Å²) in [5.74, 6) is 0.415. The zero-order valence-electron chi connectivity index (χ0n) is 10.3. The van der Waals surface area contributed by atoms with Gasteiger partial charge in [0.1, 0.15) is 5.75 Å². The number of carbonyl (C=O) groups is 2. The third-order valence-electron chi connectivity index (χ3n) is 2.93. The molecule has 1 aliphatic heterocycles. The van der Waals surface area contributed by atoms with Gasteiger partial charge in [-0.25, -0.2) is 0 Å². The molecule has 1 aliphatic rings. The molecule has 2 aromatic rings. The summed E-state index contributed by atoms with van der Waals surface area (Å²) in [4.78, 5) is 23.0. The summed E-state index contributed by atoms with van der Waals surface area (Å²) >= 11 is 0. The van der Waals surface area contributed by atoms with E-state index in [1.807, 2.05) is 6.07 Å². The van der Waals surface area contributed by atoms with Crippen molar-refractivity contribution >= 4 is 17.4 Å². The Balaban J connectivity index is 2.14. The first-order valence-electron chi connectivity index (χ1n) is 5.90. The molecule has 0 bridgehead atoms. The smallest absolute Gasteiger partial charge is 0.221 e. The van der Waals surface area contributed by atoms with Crippen molar-refractivity contribution < 1.29 is 14.3 Å². The molecule has 0 spiro atoms. The average molecular weight is 256 g/mol. The summed E-state index contributed by atoms with van der Waals surface area (Å²) < 4.78 is 7.25. The second-order valence-electron chi connectivity index (χ2n) is 4.34. The third kappa shape index (κ3) is 1.99. The quantitative estimate of drug-likeness (QED) is 0.849. The fraction of sp³-hybridized carbons (Fsp3) is 0.143. The van der Waals surface area contributed by atoms with Gasteiger partial charge in [-0.05, 0) is 30.3 Å². The van der Waals surface area contributed by atoms with E-state index in [2.05, 4.69) is 5.32 Å². The van der Waals surface area contributed by atoms with Gasteiger partial charge in [-0.3, -0.25) is 9.59 Å². The summed E-state index contributed by atoms with van der Waals surface area (Å²) in [7, 11) is 0. The van der Waals surface area contributed by atoms with E-state index in [4.69, 9.17) is 4.74 Å². The fourth-order valence-corrected chi connectivity index (χ4v) is 2.14. The molecule has 96 valence electrons. The SMILES string of the molecule is CC(=O)Nc1ccc2c(c1)-n1cccc1C(=O)CO2. The number of nitrogens with zero attached hydrogens (tertiary/aromatic N) is 1. The third-order valence-corrected chi connectivity index (χ3v) is 2.93. The van der Waals surface area contributed by atoms with Crippen molar-refractivity contribution in [3.8, 4) is 11.4 Å². The van der Waals surface area contributed by atoms with Gasteiger partial charge in [-0.15, -0.1) is 0 Å². The van der Waals surface area contributed by atoms with Gasteiger partial charge in [0.2, 0.25) is 11.7 Å². The van der Waals surface area contributed by atoms with Crippen LogP contribution in [0.1, 0.15) is 17.4 Å². The summed E-state index contributed by atoms with van der Waals surface area (Å²) in [6.45, 7) is 1.48. The first-order chi connectivity index (χ1) is 9.15. The largest absolute Gasteiger partial charge is 0.483 e. The van der Waals surface area contributed by atoms with Crippen LogP contribution in [0.25, 0.3) is 5.69 Å². The Morgan fingerprint density at radius 1 is 1.37 bits per heavy atom. The van der Waals surface area contributed by atoms with Crippen molar-refractivity contribution in [3.05, 3.63) is 42.2 Å². The Labute approximate surface area is 109 Å². The number of benzene rings is 1. The van der Waals surface area contributed by atoms with Crippen LogP contribution in [0, 0.1) is 0 Å². The Bertz CT molecular complexity index is 673. The number of ketones is 1. The number of anilines is 1. The van der Waals surface area contributed by atoms with E-state index in [1.54, 1.807) is 35.0 Å². The molecule has 0 unspecified atom stereocenters. The minimum absolute atomic E-state index is 0.0243. The zero-order chi connectivity index (χ0) is 13.4. The first-order valence-corrected chi connectivity index (χ1v) is 5.90. The van der Waals surface area contributed by atoms with Crippen LogP contribution in [-0.2, 0) is 4.79 Å². The molecule has 0 radical (unpaired) electrons. The molecular weight excluding hydrogens is 244 g/mol. The Hall–Kier alpha value is -2.56. The topological polar surface area (TPSA) is 60.3 Å². The van der Waals surface area contributed by atoms with Gasteiger partial charge in [-0.1, -0.05) is 0 Å². The van der Waals surface area contributed by atoms with E-state index in [0.717, 1.165) is 5.69 Å². The highest BCUT2D eigenvalue weighted by atomic mass is 16.5. The number of carbonyl (C=O) groups excluding carboxylic acids is 2. The van der Waals surface area contributed by atoms with E-state index in [-0.39, 0.29) is 18.3 Å². The van der Waals surface area contributed by atoms with Gasteiger partial charge in [0.05, 0.1) is 11.4 Å². The average Bonchev–Trinajstić information content (AvgIpc) is 2.80. The standard InChI is InChI=1S/C14H12N2O3/c1-9(17)15-10-4-5-14-12(7-10)16-6-2-3-11(16)13(18)8-19-14/h2-7H,8H2,1H3,(H,15,17). The molecule has 2 heterocycles. The normalized spacial score (nSPS) is 13.0. The number of aromatic nitrogens is 1. The van der Waals surface area contributed by atoms with Gasteiger partial charge < -0.3 is 14.6 Å². The minimum atomic E-state index is -0.140. The molecule has 1 amide bonds. The van der Waals surface area contributed by atoms with Crippen LogP contribution in [0.15, 0.2) is 36.5 Å². The van der Waals surface area contributed by atoms with Gasteiger partial charge >= 0.3 is 0 Å². The lowest BCUT2D eigenvalue weighted by Crippen LogP contribution is -2.10. The van der Waals surface area contributed by atoms with Crippen LogP contribution in [-0.4, -0.2) is 22.9 Å². The molecular formula is C14H12N2O3. The summed E-state index contributed by atoms with van der Waals surface area (Å²) in [6.07, 6.45) is 1.80. The maximum Gasteiger partial charge on any atom is 0.221 e. The molecule has 0 aliphatic carbocycles. The van der Waals surface area contributed by atoms with Gasteiger partial charge in [0, 0.05) is 18.8 Å². The summed E-state index contributed by atoms with van der Waals surface area (Å²) in [6, 6.07) is 8.86. The highest BCUT2D eigenvalue weighted by Crippen LogP contribution is 2.30. The van der Waals surface area contributed by atoms with Crippen LogP contribution in [0.3, 0.4) is 0 Å². The number of rotatable bonds is 1. The highest BCUT2D eigenvalue weighted by molar-refractivity contribution is 5.97. The minimum Gasteiger partial charge on any atom is -0.483 e. The Kier molecular flexibility index (Phi) is 2.59. The molecule has 1 aromatic heterocycles. The van der Waals surface area contributed by atoms with Crippen molar-refractivity contribution in [2.24, 2.45) is 0 Å². The molecule has 0 atom stereocenters. The van der Waals surface area contributed by atoms with Gasteiger partial charge in [-0.2, -0.15) is 0 Å². The molecule has 19 heavy (non-hydrogen) atoms. The van der Waals surface area contributed by atoms with Gasteiger partial charge in [0.15, 0.2) is 6.61 Å². The summed E-state index contributed by atoms with van der Waals surface area (Å²) in [5, 5.41) is 2.72. The molecule has 1 N–H and O–H groups in total. The highest BCUT2D eigenvalue weighted by Gasteiger charge is 2.20. The predicted octanol–water partition coefficient (Wildman–Crippen LogP) is 2.01. The predicted molar refractivity (Wildman–Crippen MR) is 69.9 cm³/mol. The van der Waals surface area contributed by atoms with Crippen LogP contribution in [0.4, 0.5) is 5.69 Å². The number of ether oxygens (including phenoxy) is 1. The number of amides is 1. The molecule has 5 nitrogen and oxygen atoms in total. The second-order valence-corrected chi connectivity index (χ2v) is 4.34. The van der Waals surface area contributed by atoms with Crippen molar-refractivity contribution in [1.82, 2.24) is 4.57 Å². The Morgan fingerprint density at radius 3 is 3.00 bits per heavy atom. The maximum atomic E-state index is 11.9. The lowest BCUT2D eigenvalue weighted by atomic mass is 10.2. The van der Waals surface area contributed by atoms with Crippen molar-refractivity contribution in [3.63, 3.8) is 0 Å². The number of Topliss-reactive ketones (excluding diaryl/α,β-unsaturated/α-hetero) is 1. The number of fused-ring (bicyclic) bond motifs is 3. The number of nitrogens with one attached hydrogen (secondary N) is 1. The second kappa shape index (κ2) is 4.28. The van der Waals surface area contributed by atoms with Crippen LogP contribution >= 0.6 is 0 Å². The lowest BCUT2D eigenvalue weighted by Gasteiger charge is -2.11. The van der Waals surface area contributed by atoms with E-state index in [1.165, 1.54) is 6.92 Å². The zero-order valence-corrected chi connectivity index (χ0v) is 10.3. The lowest BCUT2D eigenvalue weighted by molar-refractivity contribution is -0.114. The summed E-state index contributed by atoms with van der Waals surface area (Å²) in [5.41, 5.74) is 2.00. The van der Waals surface area contributed by atoms with Crippen LogP contribution in [0.5, 0.6) is 5.75 Å². The van der Waals surface area contributed by atoms with E-state index in [0.29, 0.717) is 17.1 Å². The monoisotopic (exact) mass is 256 g/mol. The van der Waals surface area contributed by atoms with Crippen LogP contribution in [0.2, 0.25) is 0 Å². The fourth-order valence-electron chi connectivity index (χ4n) is 2.14.